The fourth-order valence-electron chi connectivity index (χ4n) is 1.17. The maximum Gasteiger partial charge on any atom is 0.123 e. The van der Waals surface area contributed by atoms with Crippen LogP contribution >= 0.6 is 0 Å². The molecule has 0 unspecified atom stereocenters. The lowest BCUT2D eigenvalue weighted by molar-refractivity contribution is 0.627. The molecule has 1 saturated carbocycles. The van der Waals surface area contributed by atoms with Gasteiger partial charge in [0.25, 0.3) is 0 Å². The molecule has 2 rings (SSSR count). The summed E-state index contributed by atoms with van der Waals surface area (Å²) in [6, 6.07) is 6.31. The molecule has 2 heteroatoms. The van der Waals surface area contributed by atoms with Gasteiger partial charge in [0.15, 0.2) is 0 Å². The Bertz CT molecular complexity index is 318. The Morgan fingerprint density at radius 2 is 1.75 bits per heavy atom. The molecule has 0 amide bonds. The molecular weight excluding hydrogens is 153 g/mol. The Balaban J connectivity index is 2.35. The summed E-state index contributed by atoms with van der Waals surface area (Å²) in [6.45, 7) is 0. The predicted molar refractivity (Wildman–Crippen MR) is 46.7 cm³/mol. The molecule has 0 heterocycles. The van der Waals surface area contributed by atoms with Crippen LogP contribution in [0.15, 0.2) is 29.8 Å². The zero-order valence-electron chi connectivity index (χ0n) is 6.68. The van der Waals surface area contributed by atoms with E-state index < -0.39 is 0 Å². The van der Waals surface area contributed by atoms with Crippen LogP contribution in [0.25, 0.3) is 5.70 Å². The van der Waals surface area contributed by atoms with E-state index in [0.29, 0.717) is 0 Å². The summed E-state index contributed by atoms with van der Waals surface area (Å²) in [5, 5.41) is 0. The molecular formula is C10H10FN. The highest BCUT2D eigenvalue weighted by Crippen LogP contribution is 2.33. The van der Waals surface area contributed by atoms with Gasteiger partial charge in [-0.1, -0.05) is 12.1 Å². The molecule has 1 aromatic rings. The van der Waals surface area contributed by atoms with Gasteiger partial charge in [0.05, 0.1) is 0 Å². The molecule has 12 heavy (non-hydrogen) atoms. The standard InChI is InChI=1S/C10H10FN/c11-9-5-3-8(4-6-9)10(12)7-1-2-7/h3-6H,1-2,12H2. The van der Waals surface area contributed by atoms with Gasteiger partial charge < -0.3 is 5.73 Å². The van der Waals surface area contributed by atoms with E-state index in [4.69, 9.17) is 5.73 Å². The third kappa shape index (κ3) is 1.33. The van der Waals surface area contributed by atoms with Gasteiger partial charge in [-0.15, -0.1) is 0 Å². The lowest BCUT2D eigenvalue weighted by atomic mass is 10.1. The van der Waals surface area contributed by atoms with Gasteiger partial charge in [-0.05, 0) is 36.1 Å². The molecule has 0 atom stereocenters. The molecule has 1 nitrogen and oxygen atoms in total. The SMILES string of the molecule is NC(=C1CC1)c1ccc(F)cc1. The summed E-state index contributed by atoms with van der Waals surface area (Å²) in [7, 11) is 0. The Morgan fingerprint density at radius 1 is 1.17 bits per heavy atom. The van der Waals surface area contributed by atoms with Gasteiger partial charge in [-0.2, -0.15) is 0 Å². The van der Waals surface area contributed by atoms with Crippen LogP contribution in [-0.4, -0.2) is 0 Å². The Hall–Kier alpha value is -1.31. The number of halogens is 1. The molecule has 0 bridgehead atoms. The summed E-state index contributed by atoms with van der Waals surface area (Å²) in [5.74, 6) is -0.215. The van der Waals surface area contributed by atoms with Crippen LogP contribution in [0.3, 0.4) is 0 Å². The number of nitrogens with two attached hydrogens (primary N) is 1. The van der Waals surface area contributed by atoms with E-state index in [0.717, 1.165) is 24.1 Å². The normalized spacial score (nSPS) is 14.6. The Kier molecular flexibility index (Phi) is 1.61. The Labute approximate surface area is 70.7 Å². The number of rotatable bonds is 1. The number of hydrogen-bond donors (Lipinski definition) is 1. The average molecular weight is 163 g/mol. The van der Waals surface area contributed by atoms with Crippen molar-refractivity contribution in [3.05, 3.63) is 41.2 Å². The Morgan fingerprint density at radius 3 is 2.25 bits per heavy atom. The monoisotopic (exact) mass is 163 g/mol. The van der Waals surface area contributed by atoms with E-state index in [2.05, 4.69) is 0 Å². The summed E-state index contributed by atoms with van der Waals surface area (Å²) in [4.78, 5) is 0. The summed E-state index contributed by atoms with van der Waals surface area (Å²) < 4.78 is 12.5. The minimum Gasteiger partial charge on any atom is -0.398 e. The first-order chi connectivity index (χ1) is 5.77. The molecule has 0 spiro atoms. The van der Waals surface area contributed by atoms with Crippen molar-refractivity contribution in [1.29, 1.82) is 0 Å². The van der Waals surface area contributed by atoms with Crippen LogP contribution in [-0.2, 0) is 0 Å². The summed E-state index contributed by atoms with van der Waals surface area (Å²) >= 11 is 0. The van der Waals surface area contributed by atoms with Gasteiger partial charge in [0, 0.05) is 5.70 Å². The van der Waals surface area contributed by atoms with Crippen molar-refractivity contribution in [2.75, 3.05) is 0 Å². The van der Waals surface area contributed by atoms with Gasteiger partial charge in [-0.25, -0.2) is 4.39 Å². The van der Waals surface area contributed by atoms with Crippen molar-refractivity contribution >= 4 is 5.70 Å². The predicted octanol–water partition coefficient (Wildman–Crippen LogP) is 2.29. The van der Waals surface area contributed by atoms with Crippen molar-refractivity contribution in [2.24, 2.45) is 5.73 Å². The zero-order chi connectivity index (χ0) is 8.55. The molecule has 1 aliphatic carbocycles. The van der Waals surface area contributed by atoms with E-state index in [1.165, 1.54) is 17.7 Å². The first-order valence-electron chi connectivity index (χ1n) is 4.01. The highest BCUT2D eigenvalue weighted by molar-refractivity contribution is 5.68. The van der Waals surface area contributed by atoms with Crippen LogP contribution in [0, 0.1) is 5.82 Å². The number of hydrogen-bond acceptors (Lipinski definition) is 1. The number of benzene rings is 1. The second kappa shape index (κ2) is 2.63. The van der Waals surface area contributed by atoms with E-state index in [1.807, 2.05) is 0 Å². The lowest BCUT2D eigenvalue weighted by Gasteiger charge is -1.99. The second-order valence-corrected chi connectivity index (χ2v) is 3.02. The molecule has 0 radical (unpaired) electrons. The smallest absolute Gasteiger partial charge is 0.123 e. The molecule has 1 fully saturated rings. The van der Waals surface area contributed by atoms with Crippen molar-refractivity contribution in [2.45, 2.75) is 12.8 Å². The van der Waals surface area contributed by atoms with Crippen LogP contribution in [0.2, 0.25) is 0 Å². The lowest BCUT2D eigenvalue weighted by Crippen LogP contribution is -1.95. The molecule has 62 valence electrons. The summed E-state index contributed by atoms with van der Waals surface area (Å²) in [6.07, 6.45) is 2.20. The largest absolute Gasteiger partial charge is 0.398 e. The van der Waals surface area contributed by atoms with Crippen LogP contribution in [0.5, 0.6) is 0 Å². The van der Waals surface area contributed by atoms with Crippen molar-refractivity contribution in [3.8, 4) is 0 Å². The van der Waals surface area contributed by atoms with E-state index in [1.54, 1.807) is 12.1 Å². The number of allylic oxidation sites excluding steroid dienone is 1. The summed E-state index contributed by atoms with van der Waals surface area (Å²) in [5.41, 5.74) is 8.86. The zero-order valence-corrected chi connectivity index (χ0v) is 6.68. The maximum atomic E-state index is 12.5. The van der Waals surface area contributed by atoms with Gasteiger partial charge in [-0.3, -0.25) is 0 Å². The van der Waals surface area contributed by atoms with E-state index in [9.17, 15) is 4.39 Å². The third-order valence-electron chi connectivity index (χ3n) is 2.04. The second-order valence-electron chi connectivity index (χ2n) is 3.02. The van der Waals surface area contributed by atoms with Crippen molar-refractivity contribution < 1.29 is 4.39 Å². The average Bonchev–Trinajstić information content (AvgIpc) is 2.87. The highest BCUT2D eigenvalue weighted by Gasteiger charge is 2.16. The van der Waals surface area contributed by atoms with Crippen LogP contribution in [0.1, 0.15) is 18.4 Å². The topological polar surface area (TPSA) is 26.0 Å². The first-order valence-corrected chi connectivity index (χ1v) is 4.01. The highest BCUT2D eigenvalue weighted by atomic mass is 19.1. The van der Waals surface area contributed by atoms with Crippen molar-refractivity contribution in [1.82, 2.24) is 0 Å². The third-order valence-corrected chi connectivity index (χ3v) is 2.04. The fourth-order valence-corrected chi connectivity index (χ4v) is 1.17. The van der Waals surface area contributed by atoms with Gasteiger partial charge >= 0.3 is 0 Å². The minimum atomic E-state index is -0.215. The van der Waals surface area contributed by atoms with Crippen molar-refractivity contribution in [3.63, 3.8) is 0 Å². The quantitative estimate of drug-likeness (QED) is 0.675. The molecule has 0 aromatic heterocycles. The van der Waals surface area contributed by atoms with Crippen LogP contribution in [0.4, 0.5) is 4.39 Å². The molecule has 1 aliphatic rings. The molecule has 2 N–H and O–H groups in total. The molecule has 0 aliphatic heterocycles. The molecule has 0 saturated heterocycles. The maximum absolute atomic E-state index is 12.5. The van der Waals surface area contributed by atoms with Crippen LogP contribution < -0.4 is 5.73 Å². The van der Waals surface area contributed by atoms with Gasteiger partial charge in [0.2, 0.25) is 0 Å². The first kappa shape index (κ1) is 7.35. The minimum absolute atomic E-state index is 0.215. The van der Waals surface area contributed by atoms with Gasteiger partial charge in [0.1, 0.15) is 5.82 Å². The fraction of sp³-hybridized carbons (Fsp3) is 0.200. The van der Waals surface area contributed by atoms with E-state index in [-0.39, 0.29) is 5.82 Å². The molecule has 1 aromatic carbocycles. The van der Waals surface area contributed by atoms with E-state index >= 15 is 0 Å².